The molecule has 1 aromatic rings. The summed E-state index contributed by atoms with van der Waals surface area (Å²) in [5.41, 5.74) is 0. The summed E-state index contributed by atoms with van der Waals surface area (Å²) < 4.78 is 5.52. The fourth-order valence-corrected chi connectivity index (χ4v) is 2.25. The van der Waals surface area contributed by atoms with Crippen molar-refractivity contribution >= 4 is 6.41 Å². The number of benzene rings is 1. The number of nitrogens with one attached hydrogen (secondary N) is 1. The van der Waals surface area contributed by atoms with Crippen LogP contribution in [0.5, 0.6) is 5.75 Å². The number of quaternary nitrogens is 1. The second-order valence-electron chi connectivity index (χ2n) is 4.87. The fraction of sp³-hybridized carbons (Fsp3) is 0.500. The molecule has 104 valence electrons. The highest BCUT2D eigenvalue weighted by atomic mass is 16.5. The van der Waals surface area contributed by atoms with Crippen molar-refractivity contribution < 1.29 is 19.5 Å². The average molecular weight is 265 g/mol. The van der Waals surface area contributed by atoms with Gasteiger partial charge in [-0.1, -0.05) is 18.2 Å². The van der Waals surface area contributed by atoms with Gasteiger partial charge in [-0.15, -0.1) is 0 Å². The molecule has 1 saturated heterocycles. The van der Waals surface area contributed by atoms with Crippen molar-refractivity contribution in [1.29, 1.82) is 0 Å². The van der Waals surface area contributed by atoms with Crippen LogP contribution in [0.15, 0.2) is 30.3 Å². The van der Waals surface area contributed by atoms with Crippen molar-refractivity contribution in [3.63, 3.8) is 0 Å². The van der Waals surface area contributed by atoms with Crippen LogP contribution in [0.2, 0.25) is 0 Å². The van der Waals surface area contributed by atoms with Gasteiger partial charge >= 0.3 is 0 Å². The van der Waals surface area contributed by atoms with Crippen LogP contribution in [0, 0.1) is 0 Å². The second kappa shape index (κ2) is 7.11. The average Bonchev–Trinajstić information content (AvgIpc) is 2.47. The van der Waals surface area contributed by atoms with E-state index in [2.05, 4.69) is 0 Å². The molecule has 2 N–H and O–H groups in total. The molecule has 1 amide bonds. The first-order valence-corrected chi connectivity index (χ1v) is 6.67. The van der Waals surface area contributed by atoms with E-state index in [1.165, 1.54) is 4.90 Å². The SMILES string of the molecule is O=CN1CC[NH+](C[C@H](O)COc2ccccc2)CC1. The van der Waals surface area contributed by atoms with Gasteiger partial charge in [0.1, 0.15) is 25.0 Å². The minimum atomic E-state index is -0.474. The lowest BCUT2D eigenvalue weighted by Crippen LogP contribution is -3.15. The summed E-state index contributed by atoms with van der Waals surface area (Å²) in [6.45, 7) is 4.29. The van der Waals surface area contributed by atoms with Crippen LogP contribution < -0.4 is 9.64 Å². The number of rotatable bonds is 6. The molecule has 1 atom stereocenters. The van der Waals surface area contributed by atoms with E-state index in [4.69, 9.17) is 4.74 Å². The summed E-state index contributed by atoms with van der Waals surface area (Å²) >= 11 is 0. The third-order valence-electron chi connectivity index (χ3n) is 3.36. The van der Waals surface area contributed by atoms with Crippen molar-refractivity contribution in [2.75, 3.05) is 39.3 Å². The Morgan fingerprint density at radius 1 is 1.32 bits per heavy atom. The van der Waals surface area contributed by atoms with E-state index in [0.717, 1.165) is 38.3 Å². The maximum atomic E-state index is 10.6. The molecule has 5 heteroatoms. The topological polar surface area (TPSA) is 54.2 Å². The number of carbonyl (C=O) groups is 1. The number of piperazine rings is 1. The molecular weight excluding hydrogens is 244 g/mol. The van der Waals surface area contributed by atoms with Gasteiger partial charge in [-0.05, 0) is 12.1 Å². The molecule has 5 nitrogen and oxygen atoms in total. The van der Waals surface area contributed by atoms with Gasteiger partial charge < -0.3 is 19.6 Å². The molecule has 0 unspecified atom stereocenters. The number of carbonyl (C=O) groups excluding carboxylic acids is 1. The van der Waals surface area contributed by atoms with Crippen LogP contribution in [0.3, 0.4) is 0 Å². The van der Waals surface area contributed by atoms with Crippen molar-refractivity contribution in [3.8, 4) is 5.75 Å². The smallest absolute Gasteiger partial charge is 0.210 e. The first-order valence-electron chi connectivity index (χ1n) is 6.67. The molecule has 2 rings (SSSR count). The number of hydrogen-bond donors (Lipinski definition) is 2. The summed E-state index contributed by atoms with van der Waals surface area (Å²) in [6, 6.07) is 9.50. The van der Waals surface area contributed by atoms with Crippen LogP contribution >= 0.6 is 0 Å². The summed E-state index contributed by atoms with van der Waals surface area (Å²) in [6.07, 6.45) is 0.420. The third kappa shape index (κ3) is 4.54. The van der Waals surface area contributed by atoms with Gasteiger partial charge in [-0.2, -0.15) is 0 Å². The number of aliphatic hydroxyl groups is 1. The Balaban J connectivity index is 1.67. The Bertz CT molecular complexity index is 378. The molecule has 0 spiro atoms. The molecule has 0 radical (unpaired) electrons. The summed E-state index contributed by atoms with van der Waals surface area (Å²) in [5, 5.41) is 9.96. The number of ether oxygens (including phenoxy) is 1. The van der Waals surface area contributed by atoms with Gasteiger partial charge in [0.15, 0.2) is 0 Å². The fourth-order valence-electron chi connectivity index (χ4n) is 2.25. The lowest BCUT2D eigenvalue weighted by atomic mass is 10.3. The molecular formula is C14H21N2O3+. The zero-order valence-corrected chi connectivity index (χ0v) is 11.0. The summed E-state index contributed by atoms with van der Waals surface area (Å²) in [5.74, 6) is 0.780. The normalized spacial score (nSPS) is 18.1. The van der Waals surface area contributed by atoms with Gasteiger partial charge in [0.2, 0.25) is 6.41 Å². The van der Waals surface area contributed by atoms with Gasteiger partial charge in [0, 0.05) is 0 Å². The lowest BCUT2D eigenvalue weighted by Gasteiger charge is -2.30. The summed E-state index contributed by atoms with van der Waals surface area (Å²) in [7, 11) is 0. The van der Waals surface area contributed by atoms with Gasteiger partial charge in [-0.25, -0.2) is 0 Å². The predicted octanol–water partition coefficient (Wildman–Crippen LogP) is -1.22. The minimum Gasteiger partial charge on any atom is -0.491 e. The van der Waals surface area contributed by atoms with E-state index in [1.54, 1.807) is 4.90 Å². The zero-order valence-electron chi connectivity index (χ0n) is 11.0. The van der Waals surface area contributed by atoms with Gasteiger partial charge in [0.25, 0.3) is 0 Å². The first-order chi connectivity index (χ1) is 9.28. The third-order valence-corrected chi connectivity index (χ3v) is 3.36. The Hall–Kier alpha value is -1.59. The van der Waals surface area contributed by atoms with E-state index in [-0.39, 0.29) is 0 Å². The van der Waals surface area contributed by atoms with E-state index in [0.29, 0.717) is 13.2 Å². The maximum Gasteiger partial charge on any atom is 0.210 e. The second-order valence-corrected chi connectivity index (χ2v) is 4.87. The van der Waals surface area contributed by atoms with Crippen molar-refractivity contribution in [1.82, 2.24) is 4.90 Å². The number of hydrogen-bond acceptors (Lipinski definition) is 3. The predicted molar refractivity (Wildman–Crippen MR) is 71.1 cm³/mol. The highest BCUT2D eigenvalue weighted by Crippen LogP contribution is 2.08. The first kappa shape index (κ1) is 13.8. The Morgan fingerprint density at radius 3 is 2.63 bits per heavy atom. The van der Waals surface area contributed by atoms with E-state index in [1.807, 2.05) is 30.3 Å². The minimum absolute atomic E-state index is 0.310. The van der Waals surface area contributed by atoms with Crippen LogP contribution in [-0.2, 0) is 4.79 Å². The van der Waals surface area contributed by atoms with Crippen LogP contribution in [0.1, 0.15) is 0 Å². The Morgan fingerprint density at radius 2 is 2.00 bits per heavy atom. The maximum absolute atomic E-state index is 10.6. The highest BCUT2D eigenvalue weighted by molar-refractivity contribution is 5.46. The molecule has 0 aromatic heterocycles. The molecule has 1 aromatic carbocycles. The standard InChI is InChI=1S/C14H20N2O3/c17-12-16-8-6-15(7-9-16)10-13(18)11-19-14-4-2-1-3-5-14/h1-5,12-13,18H,6-11H2/p+1/t13-/m0/s1. The molecule has 0 aliphatic carbocycles. The Kier molecular flexibility index (Phi) is 5.18. The summed E-state index contributed by atoms with van der Waals surface area (Å²) in [4.78, 5) is 13.7. The molecule has 1 fully saturated rings. The number of nitrogens with zero attached hydrogens (tertiary/aromatic N) is 1. The monoisotopic (exact) mass is 265 g/mol. The highest BCUT2D eigenvalue weighted by Gasteiger charge is 2.21. The quantitative estimate of drug-likeness (QED) is 0.634. The van der Waals surface area contributed by atoms with Gasteiger partial charge in [-0.3, -0.25) is 4.79 Å². The largest absolute Gasteiger partial charge is 0.491 e. The van der Waals surface area contributed by atoms with E-state index < -0.39 is 6.10 Å². The van der Waals surface area contributed by atoms with Crippen molar-refractivity contribution in [2.24, 2.45) is 0 Å². The van der Waals surface area contributed by atoms with Crippen molar-refractivity contribution in [2.45, 2.75) is 6.10 Å². The molecule has 1 aliphatic heterocycles. The molecule has 1 heterocycles. The molecule has 0 saturated carbocycles. The molecule has 1 aliphatic rings. The molecule has 0 bridgehead atoms. The number of amides is 1. The number of para-hydroxylation sites is 1. The van der Waals surface area contributed by atoms with Crippen LogP contribution in [0.25, 0.3) is 0 Å². The van der Waals surface area contributed by atoms with Crippen molar-refractivity contribution in [3.05, 3.63) is 30.3 Å². The number of aliphatic hydroxyl groups excluding tert-OH is 1. The van der Waals surface area contributed by atoms with Crippen LogP contribution in [0.4, 0.5) is 0 Å². The zero-order chi connectivity index (χ0) is 13.5. The molecule has 19 heavy (non-hydrogen) atoms. The lowest BCUT2D eigenvalue weighted by molar-refractivity contribution is -0.907. The Labute approximate surface area is 113 Å². The van der Waals surface area contributed by atoms with E-state index >= 15 is 0 Å². The van der Waals surface area contributed by atoms with E-state index in [9.17, 15) is 9.90 Å². The van der Waals surface area contributed by atoms with Gasteiger partial charge in [0.05, 0.1) is 26.2 Å². The van der Waals surface area contributed by atoms with Crippen LogP contribution in [-0.4, -0.2) is 61.9 Å².